The summed E-state index contributed by atoms with van der Waals surface area (Å²) in [6.07, 6.45) is 1.50. The maximum Gasteiger partial charge on any atom is 0.301 e. The molecule has 148 valence electrons. The second-order valence-corrected chi connectivity index (χ2v) is 8.53. The summed E-state index contributed by atoms with van der Waals surface area (Å²) in [5, 5.41) is 0.413. The van der Waals surface area contributed by atoms with Crippen LogP contribution in [0.15, 0.2) is 53.6 Å². The average molecular weight is 444 g/mol. The molecule has 0 fully saturated rings. The van der Waals surface area contributed by atoms with Gasteiger partial charge in [0.15, 0.2) is 0 Å². The van der Waals surface area contributed by atoms with Gasteiger partial charge in [-0.25, -0.2) is 22.5 Å². The van der Waals surface area contributed by atoms with Crippen LogP contribution in [0.3, 0.4) is 0 Å². The molecule has 1 N–H and O–H groups in total. The molecule has 2 aromatic carbocycles. The van der Waals surface area contributed by atoms with Gasteiger partial charge in [-0.05, 0) is 49.4 Å². The Morgan fingerprint density at radius 1 is 1.14 bits per heavy atom. The van der Waals surface area contributed by atoms with E-state index in [1.165, 1.54) is 48.7 Å². The Kier molecular flexibility index (Phi) is 5.95. The van der Waals surface area contributed by atoms with Crippen molar-refractivity contribution in [1.29, 1.82) is 0 Å². The number of nitrogens with zero attached hydrogens (tertiary/aromatic N) is 2. The molecule has 3 rings (SSSR count). The van der Waals surface area contributed by atoms with Gasteiger partial charge in [0, 0.05) is 7.05 Å². The van der Waals surface area contributed by atoms with E-state index in [4.69, 9.17) is 27.9 Å². The highest BCUT2D eigenvalue weighted by atomic mass is 35.5. The molecule has 1 aromatic heterocycles. The van der Waals surface area contributed by atoms with Gasteiger partial charge in [-0.2, -0.15) is 0 Å². The van der Waals surface area contributed by atoms with Crippen LogP contribution in [-0.4, -0.2) is 18.0 Å². The number of sulfonamides is 1. The molecule has 0 spiro atoms. The summed E-state index contributed by atoms with van der Waals surface area (Å²) in [4.78, 5) is 4.16. The zero-order valence-electron chi connectivity index (χ0n) is 14.9. The highest BCUT2D eigenvalue weighted by Crippen LogP contribution is 2.27. The molecule has 1 unspecified atom stereocenters. The molecule has 0 aliphatic rings. The van der Waals surface area contributed by atoms with Gasteiger partial charge in [-0.1, -0.05) is 23.2 Å². The molecule has 3 aromatic rings. The maximum atomic E-state index is 13.0. The Morgan fingerprint density at radius 3 is 2.46 bits per heavy atom. The third-order valence-corrected chi connectivity index (χ3v) is 6.26. The van der Waals surface area contributed by atoms with E-state index in [9.17, 15) is 12.8 Å². The number of halogens is 3. The monoisotopic (exact) mass is 443 g/mol. The molecule has 1 heterocycles. The van der Waals surface area contributed by atoms with Crippen molar-refractivity contribution in [2.75, 3.05) is 0 Å². The molecule has 10 heteroatoms. The van der Waals surface area contributed by atoms with Gasteiger partial charge >= 0.3 is 6.01 Å². The van der Waals surface area contributed by atoms with Gasteiger partial charge in [0.1, 0.15) is 11.6 Å². The molecule has 0 saturated heterocycles. The van der Waals surface area contributed by atoms with E-state index in [1.54, 1.807) is 18.5 Å². The Labute approximate surface area is 171 Å². The molecule has 1 atom stereocenters. The van der Waals surface area contributed by atoms with E-state index in [-0.39, 0.29) is 26.8 Å². The molecule has 0 bridgehead atoms. The molecular formula is C18H16Cl2FN3O3S. The Morgan fingerprint density at radius 2 is 1.82 bits per heavy atom. The second kappa shape index (κ2) is 8.08. The predicted octanol–water partition coefficient (Wildman–Crippen LogP) is 4.70. The van der Waals surface area contributed by atoms with Crippen LogP contribution in [0.25, 0.3) is 0 Å². The lowest BCUT2D eigenvalue weighted by Gasteiger charge is -2.16. The van der Waals surface area contributed by atoms with Crippen LogP contribution in [0.1, 0.15) is 18.7 Å². The number of aromatic nitrogens is 2. The maximum absolute atomic E-state index is 13.0. The summed E-state index contributed by atoms with van der Waals surface area (Å²) in [7, 11) is -2.15. The molecule has 6 nitrogen and oxygen atoms in total. The van der Waals surface area contributed by atoms with Crippen molar-refractivity contribution in [2.24, 2.45) is 7.05 Å². The first-order chi connectivity index (χ1) is 13.2. The van der Waals surface area contributed by atoms with Crippen molar-refractivity contribution < 1.29 is 17.5 Å². The van der Waals surface area contributed by atoms with Crippen molar-refractivity contribution >= 4 is 33.2 Å². The first-order valence-electron chi connectivity index (χ1n) is 8.10. The van der Waals surface area contributed by atoms with E-state index < -0.39 is 16.1 Å². The Hall–Kier alpha value is -2.13. The summed E-state index contributed by atoms with van der Waals surface area (Å²) in [5.74, 6) is 0.0314. The lowest BCUT2D eigenvalue weighted by atomic mass is 10.3. The summed E-state index contributed by atoms with van der Waals surface area (Å²) in [6, 6.07) is 9.19. The van der Waals surface area contributed by atoms with Gasteiger partial charge < -0.3 is 4.74 Å². The first kappa shape index (κ1) is 20.6. The predicted molar refractivity (Wildman–Crippen MR) is 105 cm³/mol. The first-order valence-corrected chi connectivity index (χ1v) is 10.3. The molecule has 28 heavy (non-hydrogen) atoms. The van der Waals surface area contributed by atoms with Crippen molar-refractivity contribution in [2.45, 2.75) is 17.9 Å². The summed E-state index contributed by atoms with van der Waals surface area (Å²) >= 11 is 11.7. The lowest BCUT2D eigenvalue weighted by molar-refractivity contribution is 0.418. The minimum atomic E-state index is -3.83. The van der Waals surface area contributed by atoms with Crippen LogP contribution in [-0.2, 0) is 17.1 Å². The number of imidazole rings is 1. The molecular weight excluding hydrogens is 428 g/mol. The van der Waals surface area contributed by atoms with Gasteiger partial charge in [-0.15, -0.1) is 0 Å². The van der Waals surface area contributed by atoms with E-state index in [2.05, 4.69) is 9.71 Å². The van der Waals surface area contributed by atoms with Crippen molar-refractivity contribution in [1.82, 2.24) is 14.3 Å². The number of hydrogen-bond acceptors (Lipinski definition) is 4. The summed E-state index contributed by atoms with van der Waals surface area (Å²) < 4.78 is 48.0. The molecule has 0 radical (unpaired) electrons. The zero-order chi connectivity index (χ0) is 20.5. The third-order valence-electron chi connectivity index (χ3n) is 3.98. The van der Waals surface area contributed by atoms with Crippen LogP contribution in [0.4, 0.5) is 4.39 Å². The highest BCUT2D eigenvalue weighted by Gasteiger charge is 2.22. The minimum absolute atomic E-state index is 0.00120. The number of benzene rings is 2. The van der Waals surface area contributed by atoms with Crippen molar-refractivity contribution in [3.63, 3.8) is 0 Å². The number of hydrogen-bond donors (Lipinski definition) is 1. The number of ether oxygens (including phenoxy) is 1. The van der Waals surface area contributed by atoms with Gasteiger partial charge in [0.25, 0.3) is 0 Å². The largest absolute Gasteiger partial charge is 0.426 e. The summed E-state index contributed by atoms with van der Waals surface area (Å²) in [5.41, 5.74) is 0.570. The second-order valence-electron chi connectivity index (χ2n) is 6.00. The number of nitrogens with one attached hydrogen (secondary N) is 1. The zero-order valence-corrected chi connectivity index (χ0v) is 17.2. The Bertz CT molecular complexity index is 1100. The average Bonchev–Trinajstić information content (AvgIpc) is 2.99. The standard InChI is InChI=1S/C18H16Cl2FN3O3S/c1-11(23-28(25,26)14-7-8-15(19)16(20)9-14)17-10-22-18(24(17)2)27-13-5-3-12(21)4-6-13/h3-11,23H,1-2H3. The topological polar surface area (TPSA) is 73.2 Å². The van der Waals surface area contributed by atoms with Crippen LogP contribution in [0.5, 0.6) is 11.8 Å². The summed E-state index contributed by atoms with van der Waals surface area (Å²) in [6.45, 7) is 1.67. The fraction of sp³-hybridized carbons (Fsp3) is 0.167. The van der Waals surface area contributed by atoms with E-state index in [0.717, 1.165) is 0 Å². The fourth-order valence-corrected chi connectivity index (χ4v) is 4.12. The quantitative estimate of drug-likeness (QED) is 0.599. The van der Waals surface area contributed by atoms with Crippen LogP contribution >= 0.6 is 23.2 Å². The van der Waals surface area contributed by atoms with Crippen molar-refractivity contribution in [3.05, 3.63) is 70.2 Å². The van der Waals surface area contributed by atoms with E-state index >= 15 is 0 Å². The van der Waals surface area contributed by atoms with Gasteiger partial charge in [0.05, 0.1) is 32.9 Å². The van der Waals surface area contributed by atoms with Gasteiger partial charge in [-0.3, -0.25) is 4.57 Å². The van der Waals surface area contributed by atoms with E-state index in [0.29, 0.717) is 11.4 Å². The van der Waals surface area contributed by atoms with Crippen LogP contribution in [0, 0.1) is 5.82 Å². The lowest BCUT2D eigenvalue weighted by Crippen LogP contribution is -2.28. The molecule has 0 amide bonds. The molecule has 0 aliphatic carbocycles. The fourth-order valence-electron chi connectivity index (χ4n) is 2.52. The van der Waals surface area contributed by atoms with Crippen molar-refractivity contribution in [3.8, 4) is 11.8 Å². The van der Waals surface area contributed by atoms with Crippen LogP contribution in [0.2, 0.25) is 10.0 Å². The minimum Gasteiger partial charge on any atom is -0.426 e. The molecule has 0 saturated carbocycles. The number of rotatable bonds is 6. The van der Waals surface area contributed by atoms with Gasteiger partial charge in [0.2, 0.25) is 10.0 Å². The van der Waals surface area contributed by atoms with E-state index in [1.807, 2.05) is 0 Å². The van der Waals surface area contributed by atoms with Crippen LogP contribution < -0.4 is 9.46 Å². The SMILES string of the molecule is CC(NS(=O)(=O)c1ccc(Cl)c(Cl)c1)c1cnc(Oc2ccc(F)cc2)n1C. The highest BCUT2D eigenvalue weighted by molar-refractivity contribution is 7.89. The normalized spacial score (nSPS) is 12.8. The third kappa shape index (κ3) is 4.47. The smallest absolute Gasteiger partial charge is 0.301 e. The Balaban J connectivity index is 1.79. The molecule has 0 aliphatic heterocycles.